The van der Waals surface area contributed by atoms with Crippen LogP contribution in [0.3, 0.4) is 0 Å². The molecular formula is C25H23N3O3S. The quantitative estimate of drug-likeness (QED) is 0.583. The van der Waals surface area contributed by atoms with Gasteiger partial charge in [-0.25, -0.2) is 4.98 Å². The standard InChI is InChI=1S/C25H23N3O3S/c29-22-11-12-23(30)28(22)14-16-5-7-18(8-6-16)24(31)27-25-26-21(15-32-25)20-10-9-17-3-1-2-4-19(17)13-20/h5-10,13,15H,1-4,11-12,14H2,(H,26,27,31). The molecule has 1 aliphatic heterocycles. The highest BCUT2D eigenvalue weighted by Gasteiger charge is 2.28. The molecule has 1 fully saturated rings. The van der Waals surface area contributed by atoms with Gasteiger partial charge in [0.1, 0.15) is 0 Å². The van der Waals surface area contributed by atoms with Crippen molar-refractivity contribution in [1.82, 2.24) is 9.88 Å². The third kappa shape index (κ3) is 4.21. The Morgan fingerprint density at radius 1 is 0.938 bits per heavy atom. The van der Waals surface area contributed by atoms with E-state index in [1.165, 1.54) is 40.2 Å². The minimum absolute atomic E-state index is 0.143. The Balaban J connectivity index is 1.24. The molecule has 1 aromatic heterocycles. The van der Waals surface area contributed by atoms with Crippen LogP contribution in [0, 0.1) is 0 Å². The van der Waals surface area contributed by atoms with Gasteiger partial charge in [-0.05, 0) is 60.6 Å². The molecule has 2 heterocycles. The van der Waals surface area contributed by atoms with E-state index in [9.17, 15) is 14.4 Å². The monoisotopic (exact) mass is 445 g/mol. The van der Waals surface area contributed by atoms with Crippen molar-refractivity contribution in [1.29, 1.82) is 0 Å². The molecule has 162 valence electrons. The average molecular weight is 446 g/mol. The fourth-order valence-corrected chi connectivity index (χ4v) is 4.98. The summed E-state index contributed by atoms with van der Waals surface area (Å²) in [5.74, 6) is -0.526. The highest BCUT2D eigenvalue weighted by molar-refractivity contribution is 7.14. The number of hydrogen-bond acceptors (Lipinski definition) is 5. The Bertz CT molecular complexity index is 1180. The lowest BCUT2D eigenvalue weighted by Crippen LogP contribution is -2.28. The molecule has 7 heteroatoms. The first kappa shape index (κ1) is 20.6. The van der Waals surface area contributed by atoms with Crippen molar-refractivity contribution in [2.75, 3.05) is 5.32 Å². The molecule has 3 aromatic rings. The first-order chi connectivity index (χ1) is 15.6. The van der Waals surface area contributed by atoms with E-state index in [-0.39, 0.29) is 37.1 Å². The van der Waals surface area contributed by atoms with Crippen LogP contribution in [0.2, 0.25) is 0 Å². The number of hydrogen-bond donors (Lipinski definition) is 1. The summed E-state index contributed by atoms with van der Waals surface area (Å²) in [6.45, 7) is 0.246. The van der Waals surface area contributed by atoms with E-state index in [0.29, 0.717) is 10.7 Å². The van der Waals surface area contributed by atoms with Gasteiger partial charge in [-0.15, -0.1) is 11.3 Å². The molecule has 1 saturated heterocycles. The zero-order valence-corrected chi connectivity index (χ0v) is 18.4. The first-order valence-corrected chi connectivity index (χ1v) is 11.8. The molecule has 32 heavy (non-hydrogen) atoms. The van der Waals surface area contributed by atoms with Crippen molar-refractivity contribution >= 4 is 34.2 Å². The number of imide groups is 1. The van der Waals surface area contributed by atoms with E-state index >= 15 is 0 Å². The number of likely N-dealkylation sites (tertiary alicyclic amines) is 1. The maximum Gasteiger partial charge on any atom is 0.257 e. The second-order valence-electron chi connectivity index (χ2n) is 8.25. The number of nitrogens with zero attached hydrogens (tertiary/aromatic N) is 2. The van der Waals surface area contributed by atoms with E-state index in [1.54, 1.807) is 24.3 Å². The van der Waals surface area contributed by atoms with Crippen LogP contribution in [0.5, 0.6) is 0 Å². The molecule has 0 spiro atoms. The van der Waals surface area contributed by atoms with Crippen LogP contribution in [-0.4, -0.2) is 27.6 Å². The number of anilines is 1. The lowest BCUT2D eigenvalue weighted by Gasteiger charge is -2.16. The molecule has 2 aliphatic rings. The number of aryl methyl sites for hydroxylation is 2. The number of amides is 3. The molecule has 0 atom stereocenters. The summed E-state index contributed by atoms with van der Waals surface area (Å²) in [5.41, 5.74) is 6.11. The van der Waals surface area contributed by atoms with Gasteiger partial charge in [0.25, 0.3) is 5.91 Å². The predicted octanol–water partition coefficient (Wildman–Crippen LogP) is 4.59. The fourth-order valence-electron chi connectivity index (χ4n) is 4.27. The number of carbonyl (C=O) groups excluding carboxylic acids is 3. The summed E-state index contributed by atoms with van der Waals surface area (Å²) in [6.07, 6.45) is 5.32. The summed E-state index contributed by atoms with van der Waals surface area (Å²) >= 11 is 1.41. The predicted molar refractivity (Wildman–Crippen MR) is 123 cm³/mol. The largest absolute Gasteiger partial charge is 0.298 e. The SMILES string of the molecule is O=C(Nc1nc(-c2ccc3c(c2)CCCC3)cs1)c1ccc(CN2C(=O)CCC2=O)cc1. The maximum absolute atomic E-state index is 12.6. The Hall–Kier alpha value is -3.32. The van der Waals surface area contributed by atoms with Crippen molar-refractivity contribution < 1.29 is 14.4 Å². The summed E-state index contributed by atoms with van der Waals surface area (Å²) < 4.78 is 0. The van der Waals surface area contributed by atoms with Crippen LogP contribution in [0.15, 0.2) is 47.8 Å². The van der Waals surface area contributed by atoms with Crippen LogP contribution < -0.4 is 5.32 Å². The van der Waals surface area contributed by atoms with E-state index < -0.39 is 0 Å². The van der Waals surface area contributed by atoms with Crippen molar-refractivity contribution in [2.45, 2.75) is 45.1 Å². The molecule has 0 radical (unpaired) electrons. The minimum Gasteiger partial charge on any atom is -0.298 e. The molecule has 3 amide bonds. The molecule has 2 aromatic carbocycles. The Morgan fingerprint density at radius 3 is 2.41 bits per heavy atom. The summed E-state index contributed by atoms with van der Waals surface area (Å²) in [5, 5.41) is 5.39. The van der Waals surface area contributed by atoms with Gasteiger partial charge in [-0.3, -0.25) is 24.6 Å². The molecular weight excluding hydrogens is 422 g/mol. The Morgan fingerprint density at radius 2 is 1.66 bits per heavy atom. The van der Waals surface area contributed by atoms with Crippen molar-refractivity contribution in [3.8, 4) is 11.3 Å². The Labute approximate surface area is 190 Å². The number of nitrogens with one attached hydrogen (secondary N) is 1. The van der Waals surface area contributed by atoms with Gasteiger partial charge in [0.05, 0.1) is 12.2 Å². The fraction of sp³-hybridized carbons (Fsp3) is 0.280. The van der Waals surface area contributed by atoms with E-state index in [4.69, 9.17) is 0 Å². The molecule has 0 saturated carbocycles. The van der Waals surface area contributed by atoms with Gasteiger partial charge in [-0.2, -0.15) is 0 Å². The van der Waals surface area contributed by atoms with Crippen LogP contribution in [0.25, 0.3) is 11.3 Å². The second kappa shape index (κ2) is 8.67. The molecule has 5 rings (SSSR count). The lowest BCUT2D eigenvalue weighted by atomic mass is 9.90. The highest BCUT2D eigenvalue weighted by atomic mass is 32.1. The average Bonchev–Trinajstić information content (AvgIpc) is 3.41. The topological polar surface area (TPSA) is 79.4 Å². The number of carbonyl (C=O) groups is 3. The van der Waals surface area contributed by atoms with Gasteiger partial charge in [0.15, 0.2) is 5.13 Å². The molecule has 0 unspecified atom stereocenters. The summed E-state index contributed by atoms with van der Waals surface area (Å²) in [4.78, 5) is 42.1. The van der Waals surface area contributed by atoms with Gasteiger partial charge in [-0.1, -0.05) is 24.3 Å². The number of rotatable bonds is 5. The zero-order chi connectivity index (χ0) is 22.1. The second-order valence-corrected chi connectivity index (χ2v) is 9.11. The number of thiazole rings is 1. The summed E-state index contributed by atoms with van der Waals surface area (Å²) in [6, 6.07) is 13.5. The minimum atomic E-state index is -0.240. The van der Waals surface area contributed by atoms with Crippen LogP contribution in [0.4, 0.5) is 5.13 Å². The molecule has 6 nitrogen and oxygen atoms in total. The van der Waals surface area contributed by atoms with Gasteiger partial charge < -0.3 is 0 Å². The Kier molecular flexibility index (Phi) is 5.57. The third-order valence-corrected chi connectivity index (χ3v) is 6.84. The van der Waals surface area contributed by atoms with Crippen LogP contribution in [0.1, 0.15) is 52.7 Å². The lowest BCUT2D eigenvalue weighted by molar-refractivity contribution is -0.139. The van der Waals surface area contributed by atoms with Crippen molar-refractivity contribution in [3.63, 3.8) is 0 Å². The zero-order valence-electron chi connectivity index (χ0n) is 17.6. The van der Waals surface area contributed by atoms with Crippen molar-refractivity contribution in [2.24, 2.45) is 0 Å². The first-order valence-electron chi connectivity index (χ1n) is 10.9. The maximum atomic E-state index is 12.6. The molecule has 1 aliphatic carbocycles. The third-order valence-electron chi connectivity index (χ3n) is 6.08. The van der Waals surface area contributed by atoms with E-state index in [0.717, 1.165) is 29.7 Å². The van der Waals surface area contributed by atoms with E-state index in [2.05, 4.69) is 28.5 Å². The molecule has 0 bridgehead atoms. The van der Waals surface area contributed by atoms with E-state index in [1.807, 2.05) is 5.38 Å². The summed E-state index contributed by atoms with van der Waals surface area (Å²) in [7, 11) is 0. The van der Waals surface area contributed by atoms with Gasteiger partial charge in [0, 0.05) is 29.3 Å². The van der Waals surface area contributed by atoms with Crippen molar-refractivity contribution in [3.05, 3.63) is 70.1 Å². The number of benzene rings is 2. The normalized spacial score (nSPS) is 15.7. The highest BCUT2D eigenvalue weighted by Crippen LogP contribution is 2.30. The molecule has 1 N–H and O–H groups in total. The van der Waals surface area contributed by atoms with Crippen LogP contribution >= 0.6 is 11.3 Å². The number of fused-ring (bicyclic) bond motifs is 1. The van der Waals surface area contributed by atoms with Gasteiger partial charge >= 0.3 is 0 Å². The van der Waals surface area contributed by atoms with Crippen LogP contribution in [-0.2, 0) is 29.0 Å². The number of aromatic nitrogens is 1. The smallest absolute Gasteiger partial charge is 0.257 e. The van der Waals surface area contributed by atoms with Gasteiger partial charge in [0.2, 0.25) is 11.8 Å².